The number of carbonyl (C=O) groups excluding carboxylic acids is 1. The van der Waals surface area contributed by atoms with Crippen LogP contribution >= 0.6 is 0 Å². The van der Waals surface area contributed by atoms with E-state index in [1.54, 1.807) is 11.1 Å². The van der Waals surface area contributed by atoms with E-state index in [1.165, 1.54) is 0 Å². The Bertz CT molecular complexity index is 422. The van der Waals surface area contributed by atoms with Gasteiger partial charge in [0.15, 0.2) is 0 Å². The maximum atomic E-state index is 12.2. The highest BCUT2D eigenvalue weighted by Gasteiger charge is 2.23. The van der Waals surface area contributed by atoms with E-state index in [-0.39, 0.29) is 18.4 Å². The van der Waals surface area contributed by atoms with Crippen molar-refractivity contribution in [3.8, 4) is 12.3 Å². The molecule has 4 heteroatoms. The van der Waals surface area contributed by atoms with Crippen molar-refractivity contribution >= 4 is 5.91 Å². The molecule has 0 radical (unpaired) electrons. The first-order valence-electron chi connectivity index (χ1n) is 5.95. The van der Waals surface area contributed by atoms with Crippen LogP contribution in [0.5, 0.6) is 0 Å². The van der Waals surface area contributed by atoms with Gasteiger partial charge in [0, 0.05) is 18.7 Å². The van der Waals surface area contributed by atoms with E-state index in [2.05, 4.69) is 10.9 Å². The zero-order valence-electron chi connectivity index (χ0n) is 10.8. The van der Waals surface area contributed by atoms with Crippen LogP contribution in [0.4, 0.5) is 0 Å². The van der Waals surface area contributed by atoms with E-state index in [1.807, 2.05) is 32.0 Å². The van der Waals surface area contributed by atoms with Crippen molar-refractivity contribution in [1.29, 1.82) is 0 Å². The fraction of sp³-hybridized carbons (Fsp3) is 0.429. The van der Waals surface area contributed by atoms with Crippen molar-refractivity contribution in [3.05, 3.63) is 30.1 Å². The Kier molecular flexibility index (Phi) is 5.34. The highest BCUT2D eigenvalue weighted by molar-refractivity contribution is 5.82. The first-order chi connectivity index (χ1) is 8.56. The molecule has 1 heterocycles. The number of amides is 1. The van der Waals surface area contributed by atoms with Gasteiger partial charge in [-0.1, -0.05) is 6.07 Å². The van der Waals surface area contributed by atoms with Crippen molar-refractivity contribution in [2.45, 2.75) is 38.9 Å². The van der Waals surface area contributed by atoms with Gasteiger partial charge in [-0.05, 0) is 26.0 Å². The molecule has 0 fully saturated rings. The van der Waals surface area contributed by atoms with Crippen molar-refractivity contribution in [3.63, 3.8) is 0 Å². The number of carbonyl (C=O) groups is 1. The molecule has 2 N–H and O–H groups in total. The van der Waals surface area contributed by atoms with Crippen LogP contribution in [0.25, 0.3) is 0 Å². The minimum Gasteiger partial charge on any atom is -0.333 e. The highest BCUT2D eigenvalue weighted by Crippen LogP contribution is 2.08. The summed E-state index contributed by atoms with van der Waals surface area (Å²) in [6.07, 6.45) is 7.15. The largest absolute Gasteiger partial charge is 0.333 e. The lowest BCUT2D eigenvalue weighted by atomic mass is 10.1. The van der Waals surface area contributed by atoms with Crippen LogP contribution in [-0.4, -0.2) is 27.9 Å². The number of hydrogen-bond acceptors (Lipinski definition) is 3. The Hall–Kier alpha value is -1.86. The molecule has 0 spiro atoms. The predicted octanol–water partition coefficient (Wildman–Crippen LogP) is 1.17. The van der Waals surface area contributed by atoms with Crippen LogP contribution in [0.15, 0.2) is 24.4 Å². The Balaban J connectivity index is 2.78. The molecule has 0 aliphatic heterocycles. The second kappa shape index (κ2) is 6.77. The molecule has 0 aromatic carbocycles. The number of pyridine rings is 1. The number of nitrogens with zero attached hydrogens (tertiary/aromatic N) is 2. The lowest BCUT2D eigenvalue weighted by Crippen LogP contribution is -2.46. The molecule has 4 nitrogen and oxygen atoms in total. The first kappa shape index (κ1) is 14.2. The summed E-state index contributed by atoms with van der Waals surface area (Å²) in [5, 5.41) is 0. The van der Waals surface area contributed by atoms with E-state index in [4.69, 9.17) is 12.2 Å². The van der Waals surface area contributed by atoms with Crippen LogP contribution in [0.3, 0.4) is 0 Å². The summed E-state index contributed by atoms with van der Waals surface area (Å²) >= 11 is 0. The molecule has 18 heavy (non-hydrogen) atoms. The smallest absolute Gasteiger partial charge is 0.241 e. The molecule has 1 rings (SSSR count). The molecule has 1 unspecified atom stereocenters. The molecule has 0 saturated heterocycles. The third kappa shape index (κ3) is 3.86. The van der Waals surface area contributed by atoms with Crippen molar-refractivity contribution in [2.24, 2.45) is 5.73 Å². The second-order valence-electron chi connectivity index (χ2n) is 4.40. The molecule has 0 aliphatic rings. The Labute approximate surface area is 108 Å². The molecular formula is C14H19N3O. The van der Waals surface area contributed by atoms with Crippen molar-refractivity contribution in [2.75, 3.05) is 0 Å². The third-order valence-electron chi connectivity index (χ3n) is 2.62. The predicted molar refractivity (Wildman–Crippen MR) is 71.3 cm³/mol. The molecule has 1 aromatic heterocycles. The molecule has 96 valence electrons. The highest BCUT2D eigenvalue weighted by atomic mass is 16.2. The van der Waals surface area contributed by atoms with E-state index >= 15 is 0 Å². The van der Waals surface area contributed by atoms with E-state index in [0.29, 0.717) is 6.54 Å². The Morgan fingerprint density at radius 2 is 2.28 bits per heavy atom. The fourth-order valence-corrected chi connectivity index (χ4v) is 1.61. The molecule has 1 amide bonds. The van der Waals surface area contributed by atoms with Gasteiger partial charge in [0.2, 0.25) is 5.91 Å². The molecule has 0 bridgehead atoms. The van der Waals surface area contributed by atoms with Gasteiger partial charge < -0.3 is 10.6 Å². The van der Waals surface area contributed by atoms with Crippen molar-refractivity contribution < 1.29 is 4.79 Å². The Morgan fingerprint density at radius 3 is 2.78 bits per heavy atom. The van der Waals surface area contributed by atoms with Crippen LogP contribution in [-0.2, 0) is 11.3 Å². The fourth-order valence-electron chi connectivity index (χ4n) is 1.61. The summed E-state index contributed by atoms with van der Waals surface area (Å²) in [5.41, 5.74) is 6.61. The van der Waals surface area contributed by atoms with E-state index < -0.39 is 6.04 Å². The summed E-state index contributed by atoms with van der Waals surface area (Å²) in [4.78, 5) is 18.1. The number of aromatic nitrogens is 1. The van der Waals surface area contributed by atoms with Gasteiger partial charge in [-0.15, -0.1) is 12.3 Å². The lowest BCUT2D eigenvalue weighted by Gasteiger charge is -2.28. The third-order valence-corrected chi connectivity index (χ3v) is 2.62. The number of nitrogens with two attached hydrogens (primary N) is 1. The summed E-state index contributed by atoms with van der Waals surface area (Å²) in [6.45, 7) is 4.35. The average molecular weight is 245 g/mol. The zero-order valence-corrected chi connectivity index (χ0v) is 10.8. The second-order valence-corrected chi connectivity index (χ2v) is 4.40. The maximum Gasteiger partial charge on any atom is 0.241 e. The number of hydrogen-bond donors (Lipinski definition) is 1. The molecule has 0 saturated carbocycles. The molecule has 0 aliphatic carbocycles. The summed E-state index contributed by atoms with van der Waals surface area (Å²) in [5.74, 6) is 2.29. The summed E-state index contributed by atoms with van der Waals surface area (Å²) in [7, 11) is 0. The van der Waals surface area contributed by atoms with Gasteiger partial charge in [-0.25, -0.2) is 0 Å². The lowest BCUT2D eigenvalue weighted by molar-refractivity contribution is -0.134. The monoisotopic (exact) mass is 245 g/mol. The van der Waals surface area contributed by atoms with Gasteiger partial charge in [0.1, 0.15) is 0 Å². The first-order valence-corrected chi connectivity index (χ1v) is 5.95. The maximum absolute atomic E-state index is 12.2. The summed E-state index contributed by atoms with van der Waals surface area (Å²) < 4.78 is 0. The van der Waals surface area contributed by atoms with E-state index in [9.17, 15) is 4.79 Å². The van der Waals surface area contributed by atoms with Crippen molar-refractivity contribution in [1.82, 2.24) is 9.88 Å². The average Bonchev–Trinajstić information content (AvgIpc) is 2.36. The minimum atomic E-state index is -0.638. The number of terminal acetylenes is 1. The minimum absolute atomic E-state index is 0.0586. The molecule has 1 aromatic rings. The van der Waals surface area contributed by atoms with E-state index in [0.717, 1.165) is 5.69 Å². The van der Waals surface area contributed by atoms with Crippen LogP contribution in [0.1, 0.15) is 26.0 Å². The zero-order chi connectivity index (χ0) is 13.5. The van der Waals surface area contributed by atoms with Gasteiger partial charge >= 0.3 is 0 Å². The van der Waals surface area contributed by atoms with Crippen LogP contribution in [0.2, 0.25) is 0 Å². The standard InChI is InChI=1S/C14H19N3O/c1-4-7-13(15)14(18)17(11(2)3)10-12-8-5-6-9-16-12/h1,5-6,8-9,11,13H,7,10,15H2,2-3H3. The normalized spacial score (nSPS) is 11.9. The van der Waals surface area contributed by atoms with Gasteiger partial charge in [0.05, 0.1) is 18.3 Å². The SMILES string of the molecule is C#CCC(N)C(=O)N(Cc1ccccn1)C(C)C. The van der Waals surface area contributed by atoms with Crippen LogP contribution < -0.4 is 5.73 Å². The molecule has 1 atom stereocenters. The molecular weight excluding hydrogens is 226 g/mol. The Morgan fingerprint density at radius 1 is 1.56 bits per heavy atom. The van der Waals surface area contributed by atoms with Crippen LogP contribution in [0, 0.1) is 12.3 Å². The van der Waals surface area contributed by atoms with Gasteiger partial charge in [-0.2, -0.15) is 0 Å². The summed E-state index contributed by atoms with van der Waals surface area (Å²) in [6, 6.07) is 5.04. The van der Waals surface area contributed by atoms with Gasteiger partial charge in [0.25, 0.3) is 0 Å². The topological polar surface area (TPSA) is 59.2 Å². The van der Waals surface area contributed by atoms with Gasteiger partial charge in [-0.3, -0.25) is 9.78 Å². The quantitative estimate of drug-likeness (QED) is 0.792. The number of rotatable bonds is 5.